The Bertz CT molecular complexity index is 1380. The molecule has 2 unspecified atom stereocenters. The fraction of sp³-hybridized carbons (Fsp3) is 0.489. The molecule has 2 atom stereocenters. The van der Waals surface area contributed by atoms with Crippen molar-refractivity contribution in [2.45, 2.75) is 123 Å². The molecule has 3 N–H and O–H groups in total. The number of carbonyl (C=O) groups is 2. The Hall–Kier alpha value is -3.85. The number of unbranched alkanes of at least 4 members (excludes halogenated alkanes) is 1. The van der Waals surface area contributed by atoms with Crippen LogP contribution in [0.15, 0.2) is 134 Å². The van der Waals surface area contributed by atoms with Crippen LogP contribution in [-0.4, -0.2) is 49.3 Å². The molecule has 0 fully saturated rings. The second-order valence-electron chi connectivity index (χ2n) is 12.7. The summed E-state index contributed by atoms with van der Waals surface area (Å²) in [5, 5.41) is 0. The van der Waals surface area contributed by atoms with Crippen molar-refractivity contribution in [3.63, 3.8) is 0 Å². The zero-order chi connectivity index (χ0) is 41.8. The summed E-state index contributed by atoms with van der Waals surface area (Å²) in [5.74, 6) is -1.01. The number of hydrogen-bond acceptors (Lipinski definition) is 8. The lowest BCUT2D eigenvalue weighted by Crippen LogP contribution is -2.29. The van der Waals surface area contributed by atoms with Crippen LogP contribution < -0.4 is 5.73 Å². The lowest BCUT2D eigenvalue weighted by Gasteiger charge is -2.19. The van der Waals surface area contributed by atoms with Crippen LogP contribution >= 0.6 is 7.82 Å². The quantitative estimate of drug-likeness (QED) is 0.0274. The Kier molecular flexibility index (Phi) is 39.0. The van der Waals surface area contributed by atoms with E-state index >= 15 is 0 Å². The maximum absolute atomic E-state index is 12.5. The van der Waals surface area contributed by atoms with Crippen molar-refractivity contribution in [1.29, 1.82) is 0 Å². The number of hydrogen-bond donors (Lipinski definition) is 2. The lowest BCUT2D eigenvalue weighted by molar-refractivity contribution is -0.161. The highest BCUT2D eigenvalue weighted by atomic mass is 31.2. The molecule has 0 spiro atoms. The van der Waals surface area contributed by atoms with Gasteiger partial charge in [0.25, 0.3) is 0 Å². The van der Waals surface area contributed by atoms with Gasteiger partial charge in [0, 0.05) is 19.4 Å². The first-order valence-electron chi connectivity index (χ1n) is 20.7. The van der Waals surface area contributed by atoms with Crippen LogP contribution in [0.25, 0.3) is 0 Å². The zero-order valence-corrected chi connectivity index (χ0v) is 35.6. The SMILES string of the molecule is CCC=CCC=CCC=CCC=CCC=CCC=CCCC(=O)OCC(COP(=O)(O)OCCN)OC(=O)CCCC=CCC=CCC=CCC=CCC=CCC. The molecule has 0 saturated carbocycles. The summed E-state index contributed by atoms with van der Waals surface area (Å²) < 4.78 is 32.6. The van der Waals surface area contributed by atoms with Gasteiger partial charge in [0.15, 0.2) is 6.10 Å². The molecular formula is C47H72NO8P. The topological polar surface area (TPSA) is 134 Å². The highest BCUT2D eigenvalue weighted by Crippen LogP contribution is 2.43. The number of rotatable bonds is 36. The highest BCUT2D eigenvalue weighted by Gasteiger charge is 2.25. The van der Waals surface area contributed by atoms with Crippen LogP contribution in [0.3, 0.4) is 0 Å². The molecule has 0 bridgehead atoms. The molecule has 57 heavy (non-hydrogen) atoms. The van der Waals surface area contributed by atoms with E-state index in [2.05, 4.69) is 129 Å². The first-order chi connectivity index (χ1) is 27.8. The smallest absolute Gasteiger partial charge is 0.462 e. The third-order valence-corrected chi connectivity index (χ3v) is 8.53. The number of ether oxygens (including phenoxy) is 2. The number of nitrogens with two attached hydrogens (primary N) is 1. The summed E-state index contributed by atoms with van der Waals surface area (Å²) in [5.41, 5.74) is 5.33. The highest BCUT2D eigenvalue weighted by molar-refractivity contribution is 7.47. The maximum Gasteiger partial charge on any atom is 0.472 e. The monoisotopic (exact) mass is 809 g/mol. The standard InChI is InChI=1S/C47H72NO8P/c1-3-5-7-9-11-13-15-17-19-21-22-24-25-27-29-31-33-35-37-39-46(49)53-43-45(44-55-57(51,52)54-42-41-48)56-47(50)40-38-36-34-32-30-28-26-23-20-18-16-14-12-10-8-6-4-2/h5-8,11-14,17-20,22,24,26-29,32-35,45H,3-4,9-10,15-16,21,23,25,30-31,36-44,48H2,1-2H3,(H,51,52). The van der Waals surface area contributed by atoms with Crippen LogP contribution in [0, 0.1) is 0 Å². The van der Waals surface area contributed by atoms with Crippen molar-refractivity contribution in [2.24, 2.45) is 5.73 Å². The molecule has 9 nitrogen and oxygen atoms in total. The Labute approximate surface area is 344 Å². The molecule has 0 aromatic carbocycles. The molecule has 0 aromatic heterocycles. The summed E-state index contributed by atoms with van der Waals surface area (Å²) in [6.45, 7) is 3.30. The minimum Gasteiger partial charge on any atom is -0.462 e. The second kappa shape index (κ2) is 41.8. The Morgan fingerprint density at radius 1 is 0.526 bits per heavy atom. The molecule has 0 aromatic rings. The molecule has 0 radical (unpaired) electrons. The summed E-state index contributed by atoms with van der Waals surface area (Å²) in [6, 6.07) is 0. The van der Waals surface area contributed by atoms with E-state index in [-0.39, 0.29) is 32.6 Å². The van der Waals surface area contributed by atoms with Gasteiger partial charge in [0.2, 0.25) is 0 Å². The van der Waals surface area contributed by atoms with Crippen LogP contribution in [0.5, 0.6) is 0 Å². The molecule has 10 heteroatoms. The first kappa shape index (κ1) is 53.1. The van der Waals surface area contributed by atoms with Crippen molar-refractivity contribution in [3.05, 3.63) is 134 Å². The van der Waals surface area contributed by atoms with E-state index in [1.54, 1.807) is 0 Å². The third kappa shape index (κ3) is 41.6. The van der Waals surface area contributed by atoms with E-state index in [0.717, 1.165) is 70.6 Å². The van der Waals surface area contributed by atoms with Crippen molar-refractivity contribution >= 4 is 19.8 Å². The molecule has 318 valence electrons. The molecule has 0 amide bonds. The predicted octanol–water partition coefficient (Wildman–Crippen LogP) is 11.9. The molecule has 0 aliphatic heterocycles. The summed E-state index contributed by atoms with van der Waals surface area (Å²) >= 11 is 0. The Balaban J connectivity index is 4.44. The van der Waals surface area contributed by atoms with Gasteiger partial charge in [-0.05, 0) is 89.9 Å². The number of phosphoric acid groups is 1. The van der Waals surface area contributed by atoms with Crippen molar-refractivity contribution in [1.82, 2.24) is 0 Å². The largest absolute Gasteiger partial charge is 0.472 e. The van der Waals surface area contributed by atoms with Gasteiger partial charge in [-0.2, -0.15) is 0 Å². The minimum atomic E-state index is -4.42. The van der Waals surface area contributed by atoms with E-state index in [0.29, 0.717) is 19.3 Å². The Morgan fingerprint density at radius 2 is 0.912 bits per heavy atom. The van der Waals surface area contributed by atoms with Gasteiger partial charge in [-0.25, -0.2) is 4.57 Å². The van der Waals surface area contributed by atoms with Gasteiger partial charge in [0.05, 0.1) is 13.2 Å². The molecule has 0 aliphatic rings. The molecule has 0 saturated heterocycles. The van der Waals surface area contributed by atoms with Gasteiger partial charge >= 0.3 is 19.8 Å². The average Bonchev–Trinajstić information content (AvgIpc) is 3.20. The van der Waals surface area contributed by atoms with Gasteiger partial charge in [0.1, 0.15) is 6.61 Å². The Morgan fingerprint density at radius 3 is 1.32 bits per heavy atom. The van der Waals surface area contributed by atoms with E-state index in [9.17, 15) is 19.0 Å². The minimum absolute atomic E-state index is 0.0264. The zero-order valence-electron chi connectivity index (χ0n) is 34.8. The maximum atomic E-state index is 12.5. The van der Waals surface area contributed by atoms with E-state index in [1.165, 1.54) is 0 Å². The average molecular weight is 810 g/mol. The molecule has 0 heterocycles. The number of allylic oxidation sites excluding steroid dienone is 22. The van der Waals surface area contributed by atoms with Gasteiger partial charge < -0.3 is 20.1 Å². The summed E-state index contributed by atoms with van der Waals surface area (Å²) in [4.78, 5) is 34.8. The third-order valence-electron chi connectivity index (χ3n) is 7.55. The van der Waals surface area contributed by atoms with Crippen LogP contribution in [-0.2, 0) is 32.7 Å². The van der Waals surface area contributed by atoms with E-state index < -0.39 is 32.5 Å². The van der Waals surface area contributed by atoms with Crippen LogP contribution in [0.2, 0.25) is 0 Å². The molecule has 0 aliphatic carbocycles. The number of esters is 2. The van der Waals surface area contributed by atoms with Crippen LogP contribution in [0.1, 0.15) is 117 Å². The molecule has 0 rings (SSSR count). The number of carbonyl (C=O) groups excluding carboxylic acids is 2. The first-order valence-corrected chi connectivity index (χ1v) is 22.2. The fourth-order valence-corrected chi connectivity index (χ4v) is 5.34. The predicted molar refractivity (Wildman–Crippen MR) is 237 cm³/mol. The normalized spacial score (nSPS) is 14.7. The van der Waals surface area contributed by atoms with Crippen molar-refractivity contribution < 1.29 is 37.6 Å². The van der Waals surface area contributed by atoms with Crippen molar-refractivity contribution in [2.75, 3.05) is 26.4 Å². The summed E-state index contributed by atoms with van der Waals surface area (Å²) in [6.07, 6.45) is 57.9. The fourth-order valence-electron chi connectivity index (χ4n) is 4.58. The van der Waals surface area contributed by atoms with E-state index in [4.69, 9.17) is 24.3 Å². The second-order valence-corrected chi connectivity index (χ2v) is 14.2. The number of phosphoric ester groups is 1. The van der Waals surface area contributed by atoms with E-state index in [1.807, 2.05) is 18.2 Å². The van der Waals surface area contributed by atoms with Gasteiger partial charge in [-0.15, -0.1) is 0 Å². The summed E-state index contributed by atoms with van der Waals surface area (Å²) in [7, 11) is -4.42. The molecular weight excluding hydrogens is 737 g/mol. The van der Waals surface area contributed by atoms with Crippen LogP contribution in [0.4, 0.5) is 0 Å². The van der Waals surface area contributed by atoms with Gasteiger partial charge in [-0.3, -0.25) is 18.6 Å². The van der Waals surface area contributed by atoms with Gasteiger partial charge in [-0.1, -0.05) is 148 Å². The lowest BCUT2D eigenvalue weighted by atomic mass is 10.2. The van der Waals surface area contributed by atoms with Crippen molar-refractivity contribution in [3.8, 4) is 0 Å².